The van der Waals surface area contributed by atoms with Gasteiger partial charge in [0.1, 0.15) is 0 Å². The Balaban J connectivity index is 2.32. The normalized spacial score (nSPS) is 9.50. The zero-order valence-corrected chi connectivity index (χ0v) is 8.69. The minimum absolute atomic E-state index is 0.0303. The Morgan fingerprint density at radius 2 is 2.21 bits per heavy atom. The van der Waals surface area contributed by atoms with Crippen molar-refractivity contribution < 1.29 is 9.59 Å². The summed E-state index contributed by atoms with van der Waals surface area (Å²) >= 11 is 1.45. The maximum atomic E-state index is 11.3. The summed E-state index contributed by atoms with van der Waals surface area (Å²) in [6.45, 7) is 2.44. The molecule has 1 aromatic rings. The second kappa shape index (κ2) is 5.39. The Kier molecular flexibility index (Phi) is 4.12. The van der Waals surface area contributed by atoms with Gasteiger partial charge < -0.3 is 10.6 Å². The first kappa shape index (κ1) is 10.7. The number of amides is 2. The fraction of sp³-hybridized carbons (Fsp3) is 0.333. The van der Waals surface area contributed by atoms with Gasteiger partial charge in [-0.25, -0.2) is 0 Å². The average Bonchev–Trinajstić information content (AvgIpc) is 2.67. The van der Waals surface area contributed by atoms with Gasteiger partial charge in [-0.1, -0.05) is 0 Å². The van der Waals surface area contributed by atoms with Crippen LogP contribution >= 0.6 is 11.3 Å². The van der Waals surface area contributed by atoms with Gasteiger partial charge in [-0.3, -0.25) is 9.59 Å². The van der Waals surface area contributed by atoms with Crippen LogP contribution in [0.5, 0.6) is 0 Å². The summed E-state index contributed by atoms with van der Waals surface area (Å²) in [5.41, 5.74) is 0.597. The predicted molar refractivity (Wildman–Crippen MR) is 55.3 cm³/mol. The molecule has 0 spiro atoms. The Hall–Kier alpha value is -1.36. The lowest BCUT2D eigenvalue weighted by Gasteiger charge is -2.03. The van der Waals surface area contributed by atoms with E-state index >= 15 is 0 Å². The molecule has 0 aliphatic heterocycles. The van der Waals surface area contributed by atoms with Crippen LogP contribution in [0.2, 0.25) is 0 Å². The molecule has 14 heavy (non-hydrogen) atoms. The Morgan fingerprint density at radius 1 is 1.43 bits per heavy atom. The average molecular weight is 212 g/mol. The number of hydrogen-bond donors (Lipinski definition) is 2. The van der Waals surface area contributed by atoms with E-state index in [0.717, 1.165) is 0 Å². The lowest BCUT2D eigenvalue weighted by atomic mass is 10.3. The van der Waals surface area contributed by atoms with Gasteiger partial charge in [-0.05, 0) is 18.4 Å². The molecule has 0 aliphatic rings. The summed E-state index contributed by atoms with van der Waals surface area (Å²) in [7, 11) is 0. The summed E-state index contributed by atoms with van der Waals surface area (Å²) in [5.74, 6) is -0.381. The Morgan fingerprint density at radius 3 is 2.79 bits per heavy atom. The van der Waals surface area contributed by atoms with Crippen LogP contribution in [0.4, 0.5) is 0 Å². The molecule has 0 saturated carbocycles. The predicted octanol–water partition coefficient (Wildman–Crippen LogP) is 0.614. The van der Waals surface area contributed by atoms with Gasteiger partial charge in [0.25, 0.3) is 5.91 Å². The molecule has 0 aliphatic carbocycles. The van der Waals surface area contributed by atoms with Crippen molar-refractivity contribution in [3.8, 4) is 0 Å². The van der Waals surface area contributed by atoms with Gasteiger partial charge in [0, 0.05) is 17.5 Å². The number of carbonyl (C=O) groups is 2. The van der Waals surface area contributed by atoms with Crippen molar-refractivity contribution in [3.05, 3.63) is 22.4 Å². The van der Waals surface area contributed by atoms with Crippen LogP contribution in [0.15, 0.2) is 16.8 Å². The number of carbonyl (C=O) groups excluding carboxylic acids is 2. The van der Waals surface area contributed by atoms with Crippen LogP contribution in [0, 0.1) is 0 Å². The molecule has 2 N–H and O–H groups in total. The third-order valence-electron chi connectivity index (χ3n) is 1.57. The zero-order valence-electron chi connectivity index (χ0n) is 7.87. The third kappa shape index (κ3) is 3.18. The number of likely N-dealkylation sites (N-methyl/N-ethyl adjacent to an activating group) is 1. The summed E-state index contributed by atoms with van der Waals surface area (Å²) in [4.78, 5) is 22.3. The lowest BCUT2D eigenvalue weighted by Crippen LogP contribution is -2.36. The van der Waals surface area contributed by atoms with Gasteiger partial charge in [0.05, 0.1) is 6.54 Å². The van der Waals surface area contributed by atoms with E-state index < -0.39 is 0 Å². The van der Waals surface area contributed by atoms with Gasteiger partial charge in [-0.2, -0.15) is 11.3 Å². The first-order valence-electron chi connectivity index (χ1n) is 4.31. The quantitative estimate of drug-likeness (QED) is 0.768. The fourth-order valence-electron chi connectivity index (χ4n) is 0.916. The molecular formula is C9H12N2O2S. The van der Waals surface area contributed by atoms with Gasteiger partial charge >= 0.3 is 0 Å². The molecule has 5 heteroatoms. The summed E-state index contributed by atoms with van der Waals surface area (Å²) in [5, 5.41) is 8.68. The highest BCUT2D eigenvalue weighted by Gasteiger charge is 2.06. The Bertz CT molecular complexity index is 309. The highest BCUT2D eigenvalue weighted by atomic mass is 32.1. The largest absolute Gasteiger partial charge is 0.355 e. The number of hydrogen-bond acceptors (Lipinski definition) is 3. The molecule has 0 atom stereocenters. The fourth-order valence-corrected chi connectivity index (χ4v) is 1.55. The first-order chi connectivity index (χ1) is 6.74. The molecule has 2 amide bonds. The van der Waals surface area contributed by atoms with E-state index in [0.29, 0.717) is 12.1 Å². The second-order valence-electron chi connectivity index (χ2n) is 2.65. The molecule has 1 aromatic heterocycles. The molecule has 0 radical (unpaired) electrons. The van der Waals surface area contributed by atoms with Gasteiger partial charge in [0.2, 0.25) is 5.91 Å². The number of rotatable bonds is 4. The van der Waals surface area contributed by atoms with E-state index in [9.17, 15) is 9.59 Å². The monoisotopic (exact) mass is 212 g/mol. The van der Waals surface area contributed by atoms with Gasteiger partial charge in [-0.15, -0.1) is 0 Å². The zero-order chi connectivity index (χ0) is 10.4. The molecule has 0 bridgehead atoms. The van der Waals surface area contributed by atoms with Crippen LogP contribution < -0.4 is 10.6 Å². The standard InChI is InChI=1S/C9H12N2O2S/c1-2-10-8(12)5-11-9(13)7-3-4-14-6-7/h3-4,6H,2,5H2,1H3,(H,10,12)(H,11,13). The molecular weight excluding hydrogens is 200 g/mol. The Labute approximate surface area is 86.3 Å². The highest BCUT2D eigenvalue weighted by Crippen LogP contribution is 2.04. The highest BCUT2D eigenvalue weighted by molar-refractivity contribution is 7.08. The van der Waals surface area contributed by atoms with E-state index in [2.05, 4.69) is 10.6 Å². The van der Waals surface area contributed by atoms with E-state index in [-0.39, 0.29) is 18.4 Å². The molecule has 0 aromatic carbocycles. The first-order valence-corrected chi connectivity index (χ1v) is 5.25. The van der Waals surface area contributed by atoms with Crippen molar-refractivity contribution in [2.45, 2.75) is 6.92 Å². The van der Waals surface area contributed by atoms with Crippen molar-refractivity contribution in [3.63, 3.8) is 0 Å². The van der Waals surface area contributed by atoms with Crippen molar-refractivity contribution in [2.24, 2.45) is 0 Å². The van der Waals surface area contributed by atoms with Crippen molar-refractivity contribution >= 4 is 23.2 Å². The maximum absolute atomic E-state index is 11.3. The topological polar surface area (TPSA) is 58.2 Å². The molecule has 76 valence electrons. The number of thiophene rings is 1. The molecule has 1 heterocycles. The van der Waals surface area contributed by atoms with E-state index in [4.69, 9.17) is 0 Å². The summed E-state index contributed by atoms with van der Waals surface area (Å²) in [6, 6.07) is 1.72. The summed E-state index contributed by atoms with van der Waals surface area (Å²) < 4.78 is 0. The van der Waals surface area contributed by atoms with Crippen LogP contribution in [0.3, 0.4) is 0 Å². The maximum Gasteiger partial charge on any atom is 0.252 e. The van der Waals surface area contributed by atoms with Gasteiger partial charge in [0.15, 0.2) is 0 Å². The molecule has 0 unspecified atom stereocenters. The minimum atomic E-state index is -0.211. The van der Waals surface area contributed by atoms with Crippen LogP contribution in [-0.4, -0.2) is 24.9 Å². The molecule has 0 fully saturated rings. The van der Waals surface area contributed by atoms with Crippen LogP contribution in [-0.2, 0) is 4.79 Å². The SMILES string of the molecule is CCNC(=O)CNC(=O)c1ccsc1. The molecule has 0 saturated heterocycles. The molecule has 1 rings (SSSR count). The molecule has 4 nitrogen and oxygen atoms in total. The van der Waals surface area contributed by atoms with E-state index in [1.165, 1.54) is 11.3 Å². The van der Waals surface area contributed by atoms with Crippen molar-refractivity contribution in [1.29, 1.82) is 0 Å². The van der Waals surface area contributed by atoms with Crippen molar-refractivity contribution in [2.75, 3.05) is 13.1 Å². The minimum Gasteiger partial charge on any atom is -0.355 e. The number of nitrogens with one attached hydrogen (secondary N) is 2. The van der Waals surface area contributed by atoms with E-state index in [1.807, 2.05) is 12.3 Å². The summed E-state index contributed by atoms with van der Waals surface area (Å²) in [6.07, 6.45) is 0. The smallest absolute Gasteiger partial charge is 0.252 e. The van der Waals surface area contributed by atoms with Crippen LogP contribution in [0.25, 0.3) is 0 Å². The van der Waals surface area contributed by atoms with Crippen molar-refractivity contribution in [1.82, 2.24) is 10.6 Å². The second-order valence-corrected chi connectivity index (χ2v) is 3.43. The lowest BCUT2D eigenvalue weighted by molar-refractivity contribution is -0.120. The van der Waals surface area contributed by atoms with Crippen LogP contribution in [0.1, 0.15) is 17.3 Å². The third-order valence-corrected chi connectivity index (χ3v) is 2.25. The van der Waals surface area contributed by atoms with E-state index in [1.54, 1.807) is 11.4 Å².